The van der Waals surface area contributed by atoms with Crippen LogP contribution >= 0.6 is 0 Å². The molecule has 1 aliphatic carbocycles. The van der Waals surface area contributed by atoms with E-state index in [1.165, 1.54) is 0 Å². The number of anilines is 1. The number of nitrogens with two attached hydrogens (primary N) is 1. The Labute approximate surface area is 170 Å². The summed E-state index contributed by atoms with van der Waals surface area (Å²) in [5, 5.41) is 5.29. The standard InChI is InChI=1S/C24H25N3O2/c1-27(24(29)17-11-12-17)22-9-5-4-8-20(22)23(28)26-21(15-25)19-13-10-16-6-2-3-7-18(16)14-19/h2-10,13-14,17,21H,11-12,15,25H2,1H3,(H,26,28). The number of nitrogens with zero attached hydrogens (tertiary/aromatic N) is 1. The van der Waals surface area contributed by atoms with E-state index in [1.54, 1.807) is 24.1 Å². The molecule has 3 N–H and O–H groups in total. The van der Waals surface area contributed by atoms with Crippen molar-refractivity contribution in [1.29, 1.82) is 0 Å². The van der Waals surface area contributed by atoms with E-state index >= 15 is 0 Å². The average molecular weight is 387 g/mol. The minimum Gasteiger partial charge on any atom is -0.344 e. The molecule has 2 amide bonds. The van der Waals surface area contributed by atoms with Crippen LogP contribution in [0.25, 0.3) is 10.8 Å². The molecule has 1 atom stereocenters. The highest BCUT2D eigenvalue weighted by Gasteiger charge is 2.33. The molecule has 148 valence electrons. The van der Waals surface area contributed by atoms with Crippen molar-refractivity contribution in [2.24, 2.45) is 11.7 Å². The summed E-state index contributed by atoms with van der Waals surface area (Å²) in [6, 6.07) is 21.1. The molecule has 0 saturated heterocycles. The predicted octanol–water partition coefficient (Wildman–Crippen LogP) is 3.64. The second kappa shape index (κ2) is 8.05. The highest BCUT2D eigenvalue weighted by atomic mass is 16.2. The molecule has 0 heterocycles. The summed E-state index contributed by atoms with van der Waals surface area (Å²) < 4.78 is 0. The van der Waals surface area contributed by atoms with Crippen molar-refractivity contribution in [3.8, 4) is 0 Å². The molecule has 0 radical (unpaired) electrons. The minimum absolute atomic E-state index is 0.0650. The van der Waals surface area contributed by atoms with Crippen LogP contribution in [0.1, 0.15) is 34.8 Å². The van der Waals surface area contributed by atoms with Gasteiger partial charge >= 0.3 is 0 Å². The van der Waals surface area contributed by atoms with Gasteiger partial charge in [-0.15, -0.1) is 0 Å². The third-order valence-electron chi connectivity index (χ3n) is 5.48. The predicted molar refractivity (Wildman–Crippen MR) is 116 cm³/mol. The fourth-order valence-corrected chi connectivity index (χ4v) is 3.62. The molecule has 0 spiro atoms. The highest BCUT2D eigenvalue weighted by molar-refractivity contribution is 6.05. The Balaban J connectivity index is 1.58. The summed E-state index contributed by atoms with van der Waals surface area (Å²) in [4.78, 5) is 27.2. The van der Waals surface area contributed by atoms with Crippen LogP contribution < -0.4 is 16.0 Å². The van der Waals surface area contributed by atoms with Crippen LogP contribution in [-0.4, -0.2) is 25.4 Å². The first kappa shape index (κ1) is 19.2. The van der Waals surface area contributed by atoms with E-state index in [0.717, 1.165) is 29.2 Å². The maximum Gasteiger partial charge on any atom is 0.253 e. The Morgan fingerprint density at radius 3 is 2.45 bits per heavy atom. The van der Waals surface area contributed by atoms with Crippen LogP contribution in [0, 0.1) is 5.92 Å². The molecule has 0 aliphatic heterocycles. The SMILES string of the molecule is CN(C(=O)C1CC1)c1ccccc1C(=O)NC(CN)c1ccc2ccccc2c1. The Kier molecular flexibility index (Phi) is 5.32. The van der Waals surface area contributed by atoms with Crippen molar-refractivity contribution < 1.29 is 9.59 Å². The third kappa shape index (κ3) is 4.00. The number of rotatable bonds is 6. The number of hydrogen-bond donors (Lipinski definition) is 2. The molecule has 0 bridgehead atoms. The van der Waals surface area contributed by atoms with Gasteiger partial charge in [0.2, 0.25) is 5.91 Å². The molecule has 3 aromatic rings. The number of carbonyl (C=O) groups is 2. The molecule has 0 aromatic heterocycles. The second-order valence-corrected chi connectivity index (χ2v) is 7.56. The minimum atomic E-state index is -0.315. The first-order chi connectivity index (χ1) is 14.1. The Morgan fingerprint density at radius 2 is 1.72 bits per heavy atom. The van der Waals surface area contributed by atoms with E-state index in [1.807, 2.05) is 42.5 Å². The van der Waals surface area contributed by atoms with Gasteiger partial charge < -0.3 is 16.0 Å². The Morgan fingerprint density at radius 1 is 1.03 bits per heavy atom. The summed E-state index contributed by atoms with van der Waals surface area (Å²) in [6.07, 6.45) is 1.85. The lowest BCUT2D eigenvalue weighted by atomic mass is 10.0. The topological polar surface area (TPSA) is 75.4 Å². The molecule has 5 heteroatoms. The lowest BCUT2D eigenvalue weighted by molar-refractivity contribution is -0.119. The molecule has 1 unspecified atom stereocenters. The van der Waals surface area contributed by atoms with Crippen LogP contribution in [0.5, 0.6) is 0 Å². The van der Waals surface area contributed by atoms with Gasteiger partial charge in [-0.2, -0.15) is 0 Å². The molecule has 29 heavy (non-hydrogen) atoms. The zero-order chi connectivity index (χ0) is 20.4. The normalized spacial score (nSPS) is 14.4. The second-order valence-electron chi connectivity index (χ2n) is 7.56. The largest absolute Gasteiger partial charge is 0.344 e. The van der Waals surface area contributed by atoms with E-state index in [2.05, 4.69) is 17.4 Å². The number of carbonyl (C=O) groups excluding carboxylic acids is 2. The van der Waals surface area contributed by atoms with Gasteiger partial charge in [-0.25, -0.2) is 0 Å². The van der Waals surface area contributed by atoms with Gasteiger partial charge in [-0.3, -0.25) is 9.59 Å². The zero-order valence-corrected chi connectivity index (χ0v) is 16.5. The van der Waals surface area contributed by atoms with Gasteiger partial charge in [0.05, 0.1) is 17.3 Å². The van der Waals surface area contributed by atoms with Gasteiger partial charge in [-0.05, 0) is 47.4 Å². The molecule has 4 rings (SSSR count). The van der Waals surface area contributed by atoms with Gasteiger partial charge in [0.25, 0.3) is 5.91 Å². The number of para-hydroxylation sites is 1. The maximum absolute atomic E-state index is 13.1. The average Bonchev–Trinajstić information content (AvgIpc) is 3.61. The summed E-state index contributed by atoms with van der Waals surface area (Å²) in [5.41, 5.74) is 8.04. The van der Waals surface area contributed by atoms with E-state index in [0.29, 0.717) is 11.3 Å². The number of amides is 2. The summed E-state index contributed by atoms with van der Waals surface area (Å²) in [5.74, 6) is -0.0830. The molecule has 5 nitrogen and oxygen atoms in total. The first-order valence-corrected chi connectivity index (χ1v) is 9.94. The van der Waals surface area contributed by atoms with Crippen LogP contribution in [-0.2, 0) is 4.79 Å². The van der Waals surface area contributed by atoms with Crippen LogP contribution in [0.2, 0.25) is 0 Å². The lowest BCUT2D eigenvalue weighted by Crippen LogP contribution is -2.35. The van der Waals surface area contributed by atoms with Gasteiger partial charge in [-0.1, -0.05) is 48.5 Å². The molecule has 3 aromatic carbocycles. The van der Waals surface area contributed by atoms with E-state index < -0.39 is 0 Å². The van der Waals surface area contributed by atoms with Crippen molar-refractivity contribution >= 4 is 28.3 Å². The highest BCUT2D eigenvalue weighted by Crippen LogP contribution is 2.33. The van der Waals surface area contributed by atoms with E-state index in [-0.39, 0.29) is 30.3 Å². The van der Waals surface area contributed by atoms with E-state index in [4.69, 9.17) is 5.73 Å². The van der Waals surface area contributed by atoms with Crippen LogP contribution in [0.3, 0.4) is 0 Å². The molecule has 1 aliphatic rings. The lowest BCUT2D eigenvalue weighted by Gasteiger charge is -2.22. The molecule has 1 fully saturated rings. The van der Waals surface area contributed by atoms with Gasteiger partial charge in [0.1, 0.15) is 0 Å². The molecular formula is C24H25N3O2. The third-order valence-corrected chi connectivity index (χ3v) is 5.48. The number of fused-ring (bicyclic) bond motifs is 1. The molecule has 1 saturated carbocycles. The smallest absolute Gasteiger partial charge is 0.253 e. The number of hydrogen-bond acceptors (Lipinski definition) is 3. The summed E-state index contributed by atoms with van der Waals surface area (Å²) in [7, 11) is 1.73. The number of benzene rings is 3. The Hall–Kier alpha value is -3.18. The van der Waals surface area contributed by atoms with Crippen LogP contribution in [0.15, 0.2) is 66.7 Å². The van der Waals surface area contributed by atoms with Crippen molar-refractivity contribution in [1.82, 2.24) is 5.32 Å². The fraction of sp³-hybridized carbons (Fsp3) is 0.250. The monoisotopic (exact) mass is 387 g/mol. The van der Waals surface area contributed by atoms with Crippen LogP contribution in [0.4, 0.5) is 5.69 Å². The maximum atomic E-state index is 13.1. The van der Waals surface area contributed by atoms with Crippen molar-refractivity contribution in [3.63, 3.8) is 0 Å². The molecular weight excluding hydrogens is 362 g/mol. The first-order valence-electron chi connectivity index (χ1n) is 9.94. The summed E-state index contributed by atoms with van der Waals surface area (Å²) >= 11 is 0. The van der Waals surface area contributed by atoms with Crippen molar-refractivity contribution in [2.75, 3.05) is 18.5 Å². The van der Waals surface area contributed by atoms with E-state index in [9.17, 15) is 9.59 Å². The van der Waals surface area contributed by atoms with Crippen molar-refractivity contribution in [2.45, 2.75) is 18.9 Å². The number of nitrogens with one attached hydrogen (secondary N) is 1. The quantitative estimate of drug-likeness (QED) is 0.678. The van der Waals surface area contributed by atoms with Crippen molar-refractivity contribution in [3.05, 3.63) is 77.9 Å². The van der Waals surface area contributed by atoms with Gasteiger partial charge in [0.15, 0.2) is 0 Å². The van der Waals surface area contributed by atoms with Gasteiger partial charge in [0, 0.05) is 19.5 Å². The zero-order valence-electron chi connectivity index (χ0n) is 16.5. The fourth-order valence-electron chi connectivity index (χ4n) is 3.62. The Bertz CT molecular complexity index is 1060. The summed E-state index contributed by atoms with van der Waals surface area (Å²) in [6.45, 7) is 0.281.